The van der Waals surface area contributed by atoms with Gasteiger partial charge in [0.25, 0.3) is 5.91 Å². The highest BCUT2D eigenvalue weighted by Gasteiger charge is 2.15. The van der Waals surface area contributed by atoms with Crippen molar-refractivity contribution in [2.45, 2.75) is 6.54 Å². The summed E-state index contributed by atoms with van der Waals surface area (Å²) in [4.78, 5) is 14.9. The van der Waals surface area contributed by atoms with Gasteiger partial charge in [0, 0.05) is 34.9 Å². The number of hydrogen-bond acceptors (Lipinski definition) is 4. The van der Waals surface area contributed by atoms with Gasteiger partial charge in [-0.15, -0.1) is 0 Å². The molecule has 4 aromatic carbocycles. The fourth-order valence-corrected chi connectivity index (χ4v) is 3.50. The highest BCUT2D eigenvalue weighted by atomic mass is 16.3. The lowest BCUT2D eigenvalue weighted by Gasteiger charge is -2.21. The zero-order valence-corrected chi connectivity index (χ0v) is 17.3. The van der Waals surface area contributed by atoms with Crippen LogP contribution in [0.5, 0.6) is 5.75 Å². The predicted octanol–water partition coefficient (Wildman–Crippen LogP) is 5.60. The first-order chi connectivity index (χ1) is 15.7. The van der Waals surface area contributed by atoms with Gasteiger partial charge in [0.15, 0.2) is 0 Å². The van der Waals surface area contributed by atoms with Gasteiger partial charge in [-0.1, -0.05) is 72.8 Å². The minimum absolute atomic E-state index is 0.0260. The fraction of sp³-hybridized carbons (Fsp3) is 0.0370. The minimum Gasteiger partial charge on any atom is -0.507 e. The number of carbonyl (C=O) groups is 1. The van der Waals surface area contributed by atoms with E-state index in [0.29, 0.717) is 23.0 Å². The molecule has 0 atom stereocenters. The summed E-state index contributed by atoms with van der Waals surface area (Å²) in [6.07, 6.45) is 1.57. The van der Waals surface area contributed by atoms with Gasteiger partial charge in [0.05, 0.1) is 0 Å². The third kappa shape index (κ3) is 4.61. The Balaban J connectivity index is 1.66. The molecule has 0 spiro atoms. The number of nitriles is 1. The third-order valence-electron chi connectivity index (χ3n) is 5.08. The average molecular weight is 419 g/mol. The Bertz CT molecular complexity index is 1310. The van der Waals surface area contributed by atoms with E-state index in [-0.39, 0.29) is 11.3 Å². The summed E-state index contributed by atoms with van der Waals surface area (Å²) in [7, 11) is 0. The maximum atomic E-state index is 13.0. The van der Waals surface area contributed by atoms with Crippen molar-refractivity contribution in [2.24, 2.45) is 0 Å². The maximum absolute atomic E-state index is 13.0. The number of benzene rings is 4. The van der Waals surface area contributed by atoms with E-state index in [9.17, 15) is 15.2 Å². The first-order valence-corrected chi connectivity index (χ1v) is 10.2. The summed E-state index contributed by atoms with van der Waals surface area (Å²) < 4.78 is 0. The molecule has 0 aliphatic rings. The van der Waals surface area contributed by atoms with Gasteiger partial charge in [0.2, 0.25) is 0 Å². The Morgan fingerprint density at radius 2 is 1.53 bits per heavy atom. The molecule has 0 saturated heterocycles. The largest absolute Gasteiger partial charge is 0.507 e. The Labute approximate surface area is 186 Å². The number of amides is 1. The van der Waals surface area contributed by atoms with E-state index < -0.39 is 5.91 Å². The molecule has 0 saturated carbocycles. The standard InChI is InChI=1S/C27H21N3O2/c28-17-21(27(32)29-25-15-7-14-24-23(25)13-8-16-26(24)31)19-30(22-11-5-2-6-12-22)18-20-9-3-1-4-10-20/h1-16,19,31H,18H2,(H,29,32)/b21-19-. The molecule has 0 aliphatic carbocycles. The average Bonchev–Trinajstić information content (AvgIpc) is 2.83. The first-order valence-electron chi connectivity index (χ1n) is 10.2. The molecule has 5 nitrogen and oxygen atoms in total. The summed E-state index contributed by atoms with van der Waals surface area (Å²) in [5, 5.41) is 24.0. The molecule has 5 heteroatoms. The SMILES string of the molecule is N#C/C(=C/N(Cc1ccccc1)c1ccccc1)C(=O)Nc1cccc2c(O)cccc12. The molecule has 0 bridgehead atoms. The van der Waals surface area contributed by atoms with Crippen LogP contribution in [0.1, 0.15) is 5.56 Å². The lowest BCUT2D eigenvalue weighted by Crippen LogP contribution is -2.20. The van der Waals surface area contributed by atoms with Crippen LogP contribution in [-0.4, -0.2) is 11.0 Å². The molecule has 4 rings (SSSR count). The Morgan fingerprint density at radius 1 is 0.875 bits per heavy atom. The number of nitrogens with zero attached hydrogens (tertiary/aromatic N) is 2. The number of rotatable bonds is 6. The van der Waals surface area contributed by atoms with E-state index in [4.69, 9.17) is 0 Å². The van der Waals surface area contributed by atoms with E-state index in [1.165, 1.54) is 0 Å². The monoisotopic (exact) mass is 419 g/mol. The van der Waals surface area contributed by atoms with Crippen LogP contribution in [0.4, 0.5) is 11.4 Å². The van der Waals surface area contributed by atoms with E-state index in [2.05, 4.69) is 5.32 Å². The second-order valence-corrected chi connectivity index (χ2v) is 7.24. The maximum Gasteiger partial charge on any atom is 0.267 e. The number of aromatic hydroxyl groups is 1. The molecule has 4 aromatic rings. The van der Waals surface area contributed by atoms with Crippen molar-refractivity contribution in [3.8, 4) is 11.8 Å². The van der Waals surface area contributed by atoms with Gasteiger partial charge in [-0.05, 0) is 29.8 Å². The van der Waals surface area contributed by atoms with Crippen molar-refractivity contribution in [1.29, 1.82) is 5.26 Å². The number of carbonyl (C=O) groups excluding carboxylic acids is 1. The van der Waals surface area contributed by atoms with Crippen molar-refractivity contribution in [2.75, 3.05) is 10.2 Å². The van der Waals surface area contributed by atoms with Crippen molar-refractivity contribution in [3.63, 3.8) is 0 Å². The van der Waals surface area contributed by atoms with Crippen LogP contribution in [0.3, 0.4) is 0 Å². The highest BCUT2D eigenvalue weighted by molar-refractivity contribution is 6.11. The van der Waals surface area contributed by atoms with Crippen LogP contribution in [-0.2, 0) is 11.3 Å². The van der Waals surface area contributed by atoms with Gasteiger partial charge in [0.1, 0.15) is 17.4 Å². The fourth-order valence-electron chi connectivity index (χ4n) is 3.50. The molecule has 156 valence electrons. The Morgan fingerprint density at radius 3 is 2.25 bits per heavy atom. The number of anilines is 2. The molecule has 0 fully saturated rings. The summed E-state index contributed by atoms with van der Waals surface area (Å²) in [6, 6.07) is 31.9. The zero-order valence-electron chi connectivity index (χ0n) is 17.3. The van der Waals surface area contributed by atoms with Crippen LogP contribution in [0, 0.1) is 11.3 Å². The summed E-state index contributed by atoms with van der Waals surface area (Å²) in [5.41, 5.74) is 2.42. The van der Waals surface area contributed by atoms with Gasteiger partial charge in [-0.25, -0.2) is 0 Å². The Hall–Kier alpha value is -4.56. The molecule has 0 heterocycles. The van der Waals surface area contributed by atoms with E-state index >= 15 is 0 Å². The quantitative estimate of drug-likeness (QED) is 0.315. The zero-order chi connectivity index (χ0) is 22.3. The van der Waals surface area contributed by atoms with Crippen LogP contribution >= 0.6 is 0 Å². The molecule has 0 aromatic heterocycles. The number of fused-ring (bicyclic) bond motifs is 1. The van der Waals surface area contributed by atoms with E-state index in [1.54, 1.807) is 36.5 Å². The number of phenolic OH excluding ortho intramolecular Hbond substituents is 1. The second-order valence-electron chi connectivity index (χ2n) is 7.24. The van der Waals surface area contributed by atoms with Crippen LogP contribution in [0.15, 0.2) is 109 Å². The van der Waals surface area contributed by atoms with Crippen molar-refractivity contribution < 1.29 is 9.90 Å². The number of hydrogen-bond donors (Lipinski definition) is 2. The predicted molar refractivity (Wildman–Crippen MR) is 127 cm³/mol. The second kappa shape index (κ2) is 9.50. The lowest BCUT2D eigenvalue weighted by molar-refractivity contribution is -0.112. The molecule has 2 N–H and O–H groups in total. The third-order valence-corrected chi connectivity index (χ3v) is 5.08. The summed E-state index contributed by atoms with van der Waals surface area (Å²) >= 11 is 0. The molecule has 0 aliphatic heterocycles. The number of nitrogens with one attached hydrogen (secondary N) is 1. The molecular formula is C27H21N3O2. The molecule has 32 heavy (non-hydrogen) atoms. The summed E-state index contributed by atoms with van der Waals surface area (Å²) in [5.74, 6) is -0.384. The normalized spacial score (nSPS) is 11.0. The van der Waals surface area contributed by atoms with E-state index in [0.717, 1.165) is 11.3 Å². The van der Waals surface area contributed by atoms with E-state index in [1.807, 2.05) is 77.7 Å². The highest BCUT2D eigenvalue weighted by Crippen LogP contribution is 2.30. The minimum atomic E-state index is -0.516. The van der Waals surface area contributed by atoms with Crippen LogP contribution < -0.4 is 10.2 Å². The first kappa shape index (κ1) is 20.7. The van der Waals surface area contributed by atoms with Crippen molar-refractivity contribution in [3.05, 3.63) is 114 Å². The van der Waals surface area contributed by atoms with Crippen molar-refractivity contribution in [1.82, 2.24) is 0 Å². The van der Waals surface area contributed by atoms with Crippen LogP contribution in [0.2, 0.25) is 0 Å². The van der Waals surface area contributed by atoms with Gasteiger partial charge in [-0.2, -0.15) is 5.26 Å². The smallest absolute Gasteiger partial charge is 0.267 e. The Kier molecular flexibility index (Phi) is 6.15. The van der Waals surface area contributed by atoms with Gasteiger partial charge >= 0.3 is 0 Å². The van der Waals surface area contributed by atoms with Gasteiger partial charge in [-0.3, -0.25) is 4.79 Å². The molecule has 1 amide bonds. The lowest BCUT2D eigenvalue weighted by atomic mass is 10.1. The molecular weight excluding hydrogens is 398 g/mol. The molecule has 0 radical (unpaired) electrons. The van der Waals surface area contributed by atoms with Gasteiger partial charge < -0.3 is 15.3 Å². The number of para-hydroxylation sites is 1. The van der Waals surface area contributed by atoms with Crippen molar-refractivity contribution >= 4 is 28.1 Å². The molecule has 0 unspecified atom stereocenters. The van der Waals surface area contributed by atoms with Crippen LogP contribution in [0.25, 0.3) is 10.8 Å². The summed E-state index contributed by atoms with van der Waals surface area (Å²) in [6.45, 7) is 0.505. The number of phenols is 1. The topological polar surface area (TPSA) is 76.4 Å².